The Morgan fingerprint density at radius 2 is 1.72 bits per heavy atom. The highest BCUT2D eigenvalue weighted by atomic mass is 35.5. The number of carbonyl (C=O) groups excluding carboxylic acids is 1. The third-order valence-corrected chi connectivity index (χ3v) is 6.89. The van der Waals surface area contributed by atoms with Gasteiger partial charge in [-0.1, -0.05) is 36.5 Å². The predicted molar refractivity (Wildman–Crippen MR) is 115 cm³/mol. The molecule has 2 aromatic carbocycles. The van der Waals surface area contributed by atoms with Gasteiger partial charge in [0.15, 0.2) is 5.75 Å². The predicted octanol–water partition coefficient (Wildman–Crippen LogP) is 5.31. The van der Waals surface area contributed by atoms with Crippen LogP contribution in [-0.2, 0) is 14.8 Å². The second kappa shape index (κ2) is 9.34. The van der Waals surface area contributed by atoms with Crippen molar-refractivity contribution in [3.05, 3.63) is 46.4 Å². The molecule has 0 unspecified atom stereocenters. The van der Waals surface area contributed by atoms with Gasteiger partial charge in [-0.25, -0.2) is 8.42 Å². The van der Waals surface area contributed by atoms with E-state index in [0.717, 1.165) is 19.3 Å². The molecule has 2 aromatic rings. The first-order chi connectivity index (χ1) is 13.8. The fourth-order valence-electron chi connectivity index (χ4n) is 3.06. The summed E-state index contributed by atoms with van der Waals surface area (Å²) in [6.07, 6.45) is 2.95. The van der Waals surface area contributed by atoms with Crippen LogP contribution < -0.4 is 10.1 Å². The standard InChI is InChI=1S/C20H22Cl2N2O4S/c1-2-20(25)23-18-13-17(29(26,27)24-8-4-3-5-9-24)6-7-19(18)28-16-11-14(21)10-15(22)12-16/h6-7,10-13H,2-5,8-9H2,1H3,(H,23,25). The summed E-state index contributed by atoms with van der Waals surface area (Å²) in [5.74, 6) is 0.412. The van der Waals surface area contributed by atoms with Gasteiger partial charge in [0.2, 0.25) is 15.9 Å². The summed E-state index contributed by atoms with van der Waals surface area (Å²) < 4.78 is 33.3. The van der Waals surface area contributed by atoms with Crippen molar-refractivity contribution >= 4 is 44.8 Å². The molecule has 9 heteroatoms. The maximum absolute atomic E-state index is 13.0. The molecule has 29 heavy (non-hydrogen) atoms. The molecule has 0 aromatic heterocycles. The first-order valence-electron chi connectivity index (χ1n) is 9.37. The fraction of sp³-hybridized carbons (Fsp3) is 0.350. The van der Waals surface area contributed by atoms with E-state index in [1.54, 1.807) is 25.1 Å². The average Bonchev–Trinajstić information content (AvgIpc) is 2.69. The minimum atomic E-state index is -3.65. The van der Waals surface area contributed by atoms with Crippen molar-refractivity contribution in [2.75, 3.05) is 18.4 Å². The van der Waals surface area contributed by atoms with E-state index in [1.807, 2.05) is 0 Å². The number of piperidine rings is 1. The first-order valence-corrected chi connectivity index (χ1v) is 11.6. The molecule has 0 bridgehead atoms. The van der Waals surface area contributed by atoms with Gasteiger partial charge in [0.1, 0.15) is 5.75 Å². The molecule has 0 spiro atoms. The number of nitrogens with zero attached hydrogens (tertiary/aromatic N) is 1. The number of hydrogen-bond acceptors (Lipinski definition) is 4. The Labute approximate surface area is 180 Å². The lowest BCUT2D eigenvalue weighted by molar-refractivity contribution is -0.115. The Kier molecular flexibility index (Phi) is 7.05. The number of rotatable bonds is 6. The number of halogens is 2. The molecule has 1 aliphatic rings. The molecule has 1 saturated heterocycles. The largest absolute Gasteiger partial charge is 0.455 e. The van der Waals surface area contributed by atoms with Crippen LogP contribution in [0.15, 0.2) is 41.3 Å². The van der Waals surface area contributed by atoms with Gasteiger partial charge in [-0.2, -0.15) is 4.31 Å². The van der Waals surface area contributed by atoms with E-state index < -0.39 is 10.0 Å². The molecule has 6 nitrogen and oxygen atoms in total. The monoisotopic (exact) mass is 456 g/mol. The van der Waals surface area contributed by atoms with Crippen molar-refractivity contribution in [3.8, 4) is 11.5 Å². The second-order valence-corrected chi connectivity index (χ2v) is 9.54. The third kappa shape index (κ3) is 5.42. The van der Waals surface area contributed by atoms with Gasteiger partial charge in [-0.3, -0.25) is 4.79 Å². The number of carbonyl (C=O) groups is 1. The van der Waals surface area contributed by atoms with Gasteiger partial charge in [0, 0.05) is 29.6 Å². The van der Waals surface area contributed by atoms with E-state index in [-0.39, 0.29) is 22.9 Å². The summed E-state index contributed by atoms with van der Waals surface area (Å²) >= 11 is 12.0. The van der Waals surface area contributed by atoms with Crippen LogP contribution in [0.4, 0.5) is 5.69 Å². The molecule has 1 aliphatic heterocycles. The lowest BCUT2D eigenvalue weighted by Crippen LogP contribution is -2.35. The zero-order valence-electron chi connectivity index (χ0n) is 16.0. The summed E-state index contributed by atoms with van der Waals surface area (Å²) in [5, 5.41) is 3.51. The minimum absolute atomic E-state index is 0.113. The van der Waals surface area contributed by atoms with E-state index in [2.05, 4.69) is 5.32 Å². The number of sulfonamides is 1. The molecule has 1 fully saturated rings. The summed E-state index contributed by atoms with van der Waals surface area (Å²) in [7, 11) is -3.65. The molecule has 0 aliphatic carbocycles. The van der Waals surface area contributed by atoms with Crippen LogP contribution in [0.2, 0.25) is 10.0 Å². The summed E-state index contributed by atoms with van der Waals surface area (Å²) in [6, 6.07) is 9.17. The quantitative estimate of drug-likeness (QED) is 0.638. The number of benzene rings is 2. The molecular weight excluding hydrogens is 435 g/mol. The Morgan fingerprint density at radius 3 is 2.34 bits per heavy atom. The van der Waals surface area contributed by atoms with Crippen LogP contribution in [-0.4, -0.2) is 31.7 Å². The zero-order chi connectivity index (χ0) is 21.0. The van der Waals surface area contributed by atoms with E-state index in [1.165, 1.54) is 22.5 Å². The molecule has 0 saturated carbocycles. The van der Waals surface area contributed by atoms with Crippen LogP contribution in [0.1, 0.15) is 32.6 Å². The Bertz CT molecular complexity index is 985. The minimum Gasteiger partial charge on any atom is -0.455 e. The highest BCUT2D eigenvalue weighted by Gasteiger charge is 2.27. The van der Waals surface area contributed by atoms with Gasteiger partial charge >= 0.3 is 0 Å². The van der Waals surface area contributed by atoms with Crippen molar-refractivity contribution in [2.24, 2.45) is 0 Å². The molecule has 3 rings (SSSR count). The van der Waals surface area contributed by atoms with Crippen LogP contribution in [0.3, 0.4) is 0 Å². The van der Waals surface area contributed by atoms with Crippen molar-refractivity contribution in [1.82, 2.24) is 4.31 Å². The summed E-state index contributed by atoms with van der Waals surface area (Å²) in [4.78, 5) is 12.1. The maximum atomic E-state index is 13.0. The number of nitrogens with one attached hydrogen (secondary N) is 1. The highest BCUT2D eigenvalue weighted by molar-refractivity contribution is 7.89. The van der Waals surface area contributed by atoms with Gasteiger partial charge < -0.3 is 10.1 Å². The van der Waals surface area contributed by atoms with Crippen LogP contribution in [0, 0.1) is 0 Å². The fourth-order valence-corrected chi connectivity index (χ4v) is 5.11. The Balaban J connectivity index is 1.97. The number of amides is 1. The smallest absolute Gasteiger partial charge is 0.243 e. The van der Waals surface area contributed by atoms with Crippen LogP contribution in [0.5, 0.6) is 11.5 Å². The molecule has 1 heterocycles. The molecule has 1 amide bonds. The van der Waals surface area contributed by atoms with Crippen molar-refractivity contribution in [3.63, 3.8) is 0 Å². The van der Waals surface area contributed by atoms with Gasteiger partial charge in [0.05, 0.1) is 10.6 Å². The molecule has 1 N–H and O–H groups in total. The topological polar surface area (TPSA) is 75.7 Å². The van der Waals surface area contributed by atoms with Gasteiger partial charge in [-0.05, 0) is 49.2 Å². The van der Waals surface area contributed by atoms with Gasteiger partial charge in [-0.15, -0.1) is 0 Å². The highest BCUT2D eigenvalue weighted by Crippen LogP contribution is 2.35. The first kappa shape index (κ1) is 21.9. The number of anilines is 1. The Hall–Kier alpha value is -1.80. The van der Waals surface area contributed by atoms with E-state index in [9.17, 15) is 13.2 Å². The van der Waals surface area contributed by atoms with Crippen LogP contribution >= 0.6 is 23.2 Å². The van der Waals surface area contributed by atoms with E-state index in [4.69, 9.17) is 27.9 Å². The van der Waals surface area contributed by atoms with Crippen LogP contribution in [0.25, 0.3) is 0 Å². The van der Waals surface area contributed by atoms with E-state index in [0.29, 0.717) is 34.6 Å². The second-order valence-electron chi connectivity index (χ2n) is 6.73. The SMILES string of the molecule is CCC(=O)Nc1cc(S(=O)(=O)N2CCCCC2)ccc1Oc1cc(Cl)cc(Cl)c1. The maximum Gasteiger partial charge on any atom is 0.243 e. The summed E-state index contributed by atoms with van der Waals surface area (Å²) in [6.45, 7) is 2.71. The normalized spacial score (nSPS) is 15.1. The summed E-state index contributed by atoms with van der Waals surface area (Å²) in [5.41, 5.74) is 0.269. The van der Waals surface area contributed by atoms with E-state index >= 15 is 0 Å². The lowest BCUT2D eigenvalue weighted by atomic mass is 10.2. The average molecular weight is 457 g/mol. The zero-order valence-corrected chi connectivity index (χ0v) is 18.3. The molecular formula is C20H22Cl2N2O4S. The number of ether oxygens (including phenoxy) is 1. The lowest BCUT2D eigenvalue weighted by Gasteiger charge is -2.26. The molecule has 156 valence electrons. The third-order valence-electron chi connectivity index (χ3n) is 4.56. The molecule has 0 radical (unpaired) electrons. The Morgan fingerprint density at radius 1 is 1.07 bits per heavy atom. The molecule has 0 atom stereocenters. The number of hydrogen-bond donors (Lipinski definition) is 1. The van der Waals surface area contributed by atoms with Gasteiger partial charge in [0.25, 0.3) is 0 Å². The van der Waals surface area contributed by atoms with Crippen molar-refractivity contribution < 1.29 is 17.9 Å². The van der Waals surface area contributed by atoms with Crippen molar-refractivity contribution in [2.45, 2.75) is 37.5 Å². The van der Waals surface area contributed by atoms with Crippen molar-refractivity contribution in [1.29, 1.82) is 0 Å².